The summed E-state index contributed by atoms with van der Waals surface area (Å²) in [4.78, 5) is 15.5. The minimum atomic E-state index is -0.151. The van der Waals surface area contributed by atoms with Gasteiger partial charge < -0.3 is 11.1 Å². The van der Waals surface area contributed by atoms with Crippen molar-refractivity contribution in [3.63, 3.8) is 0 Å². The van der Waals surface area contributed by atoms with Gasteiger partial charge >= 0.3 is 0 Å². The summed E-state index contributed by atoms with van der Waals surface area (Å²) in [6.07, 6.45) is 0. The molecule has 0 radical (unpaired) electrons. The maximum atomic E-state index is 11.4. The number of rotatable bonds is 3. The summed E-state index contributed by atoms with van der Waals surface area (Å²) in [5.41, 5.74) is 5.85. The zero-order valence-electron chi connectivity index (χ0n) is 7.70. The van der Waals surface area contributed by atoms with Gasteiger partial charge in [-0.05, 0) is 13.8 Å². The molecular weight excluding hydrogens is 186 g/mol. The van der Waals surface area contributed by atoms with E-state index in [1.54, 1.807) is 5.38 Å². The Balaban J connectivity index is 2.58. The molecule has 0 aliphatic rings. The van der Waals surface area contributed by atoms with Crippen LogP contribution in [-0.2, 0) is 0 Å². The van der Waals surface area contributed by atoms with Crippen LogP contribution in [0.25, 0.3) is 0 Å². The lowest BCUT2D eigenvalue weighted by Crippen LogP contribution is -2.37. The number of nitrogens with zero attached hydrogens (tertiary/aromatic N) is 1. The van der Waals surface area contributed by atoms with Crippen molar-refractivity contribution < 1.29 is 4.79 Å². The Hall–Kier alpha value is -0.940. The third-order valence-electron chi connectivity index (χ3n) is 1.58. The molecule has 72 valence electrons. The Morgan fingerprint density at radius 3 is 3.00 bits per heavy atom. The highest BCUT2D eigenvalue weighted by Crippen LogP contribution is 2.07. The van der Waals surface area contributed by atoms with Crippen molar-refractivity contribution in [3.8, 4) is 0 Å². The number of aromatic nitrogens is 1. The molecule has 0 aliphatic heterocycles. The number of thiazole rings is 1. The molecule has 0 saturated carbocycles. The molecule has 1 rings (SSSR count). The normalized spacial score (nSPS) is 12.5. The molecule has 1 unspecified atom stereocenters. The van der Waals surface area contributed by atoms with E-state index >= 15 is 0 Å². The Bertz CT molecular complexity index is 297. The fourth-order valence-electron chi connectivity index (χ4n) is 0.824. The molecule has 13 heavy (non-hydrogen) atoms. The Morgan fingerprint density at radius 1 is 1.85 bits per heavy atom. The molecule has 5 heteroatoms. The second kappa shape index (κ2) is 4.34. The number of nitrogens with two attached hydrogens (primary N) is 1. The first-order valence-electron chi connectivity index (χ1n) is 4.06. The molecule has 1 heterocycles. The SMILES string of the molecule is Cc1nc(C(=O)NC(C)CN)cs1. The van der Waals surface area contributed by atoms with Crippen LogP contribution in [0.1, 0.15) is 22.4 Å². The first-order chi connectivity index (χ1) is 6.13. The molecule has 1 atom stereocenters. The van der Waals surface area contributed by atoms with E-state index in [-0.39, 0.29) is 11.9 Å². The fraction of sp³-hybridized carbons (Fsp3) is 0.500. The molecule has 0 fully saturated rings. The molecular formula is C8H13N3OS. The summed E-state index contributed by atoms with van der Waals surface area (Å²) >= 11 is 1.46. The van der Waals surface area contributed by atoms with Crippen LogP contribution in [0, 0.1) is 6.92 Å². The Kier molecular flexibility index (Phi) is 3.39. The number of carbonyl (C=O) groups excluding carboxylic acids is 1. The smallest absolute Gasteiger partial charge is 0.271 e. The van der Waals surface area contributed by atoms with Crippen LogP contribution >= 0.6 is 11.3 Å². The van der Waals surface area contributed by atoms with Gasteiger partial charge in [-0.15, -0.1) is 11.3 Å². The van der Waals surface area contributed by atoms with Crippen LogP contribution < -0.4 is 11.1 Å². The quantitative estimate of drug-likeness (QED) is 0.746. The second-order valence-electron chi connectivity index (χ2n) is 2.86. The molecule has 0 saturated heterocycles. The minimum absolute atomic E-state index is 0.00509. The van der Waals surface area contributed by atoms with Gasteiger partial charge in [0, 0.05) is 18.0 Å². The van der Waals surface area contributed by atoms with Crippen molar-refractivity contribution >= 4 is 17.2 Å². The molecule has 0 aromatic carbocycles. The minimum Gasteiger partial charge on any atom is -0.347 e. The van der Waals surface area contributed by atoms with Gasteiger partial charge in [-0.1, -0.05) is 0 Å². The Morgan fingerprint density at radius 2 is 2.54 bits per heavy atom. The average molecular weight is 199 g/mol. The van der Waals surface area contributed by atoms with E-state index < -0.39 is 0 Å². The van der Waals surface area contributed by atoms with Gasteiger partial charge in [-0.25, -0.2) is 4.98 Å². The zero-order valence-corrected chi connectivity index (χ0v) is 8.52. The number of carbonyl (C=O) groups is 1. The number of amides is 1. The van der Waals surface area contributed by atoms with Crippen LogP contribution in [-0.4, -0.2) is 23.5 Å². The summed E-state index contributed by atoms with van der Waals surface area (Å²) in [5, 5.41) is 5.38. The highest BCUT2D eigenvalue weighted by Gasteiger charge is 2.10. The average Bonchev–Trinajstić information content (AvgIpc) is 2.51. The highest BCUT2D eigenvalue weighted by atomic mass is 32.1. The van der Waals surface area contributed by atoms with Crippen molar-refractivity contribution in [2.75, 3.05) is 6.54 Å². The van der Waals surface area contributed by atoms with Gasteiger partial charge in [-0.2, -0.15) is 0 Å². The molecule has 1 aromatic heterocycles. The lowest BCUT2D eigenvalue weighted by molar-refractivity contribution is 0.0937. The largest absolute Gasteiger partial charge is 0.347 e. The van der Waals surface area contributed by atoms with Crippen molar-refractivity contribution in [2.45, 2.75) is 19.9 Å². The molecule has 4 nitrogen and oxygen atoms in total. The molecule has 0 bridgehead atoms. The van der Waals surface area contributed by atoms with E-state index in [0.717, 1.165) is 5.01 Å². The van der Waals surface area contributed by atoms with E-state index in [1.165, 1.54) is 11.3 Å². The molecule has 0 spiro atoms. The fourth-order valence-corrected chi connectivity index (χ4v) is 1.42. The monoisotopic (exact) mass is 199 g/mol. The maximum Gasteiger partial charge on any atom is 0.271 e. The first-order valence-corrected chi connectivity index (χ1v) is 4.94. The summed E-state index contributed by atoms with van der Waals surface area (Å²) < 4.78 is 0. The summed E-state index contributed by atoms with van der Waals surface area (Å²) in [6.45, 7) is 4.17. The predicted octanol–water partition coefficient (Wildman–Crippen LogP) is 0.529. The summed E-state index contributed by atoms with van der Waals surface area (Å²) in [6, 6.07) is -0.00509. The van der Waals surface area contributed by atoms with Gasteiger partial charge in [0.25, 0.3) is 5.91 Å². The van der Waals surface area contributed by atoms with Crippen LogP contribution in [0.2, 0.25) is 0 Å². The van der Waals surface area contributed by atoms with Gasteiger partial charge in [0.05, 0.1) is 5.01 Å². The molecule has 0 aliphatic carbocycles. The van der Waals surface area contributed by atoms with Gasteiger partial charge in [-0.3, -0.25) is 4.79 Å². The lowest BCUT2D eigenvalue weighted by atomic mass is 10.3. The predicted molar refractivity (Wildman–Crippen MR) is 52.8 cm³/mol. The maximum absolute atomic E-state index is 11.4. The van der Waals surface area contributed by atoms with E-state index in [1.807, 2.05) is 13.8 Å². The number of hydrogen-bond donors (Lipinski definition) is 2. The standard InChI is InChI=1S/C8H13N3OS/c1-5(3-9)10-8(12)7-4-13-6(2)11-7/h4-5H,3,9H2,1-2H3,(H,10,12). The molecule has 3 N–H and O–H groups in total. The van der Waals surface area contributed by atoms with Gasteiger partial charge in [0.2, 0.25) is 0 Å². The van der Waals surface area contributed by atoms with Crippen LogP contribution in [0.4, 0.5) is 0 Å². The molecule has 1 amide bonds. The lowest BCUT2D eigenvalue weighted by Gasteiger charge is -2.08. The Labute approximate surface area is 81.2 Å². The van der Waals surface area contributed by atoms with E-state index in [4.69, 9.17) is 5.73 Å². The van der Waals surface area contributed by atoms with Crippen molar-refractivity contribution in [1.29, 1.82) is 0 Å². The van der Waals surface area contributed by atoms with Crippen LogP contribution in [0.5, 0.6) is 0 Å². The second-order valence-corrected chi connectivity index (χ2v) is 3.92. The van der Waals surface area contributed by atoms with Gasteiger partial charge in [0.15, 0.2) is 0 Å². The summed E-state index contributed by atoms with van der Waals surface area (Å²) in [7, 11) is 0. The third-order valence-corrected chi connectivity index (χ3v) is 2.36. The summed E-state index contributed by atoms with van der Waals surface area (Å²) in [5.74, 6) is -0.151. The van der Waals surface area contributed by atoms with E-state index in [0.29, 0.717) is 12.2 Å². The van der Waals surface area contributed by atoms with Crippen molar-refractivity contribution in [2.24, 2.45) is 5.73 Å². The van der Waals surface area contributed by atoms with Crippen molar-refractivity contribution in [1.82, 2.24) is 10.3 Å². The third kappa shape index (κ3) is 2.78. The van der Waals surface area contributed by atoms with Gasteiger partial charge in [0.1, 0.15) is 5.69 Å². The highest BCUT2D eigenvalue weighted by molar-refractivity contribution is 7.09. The van der Waals surface area contributed by atoms with Crippen LogP contribution in [0.3, 0.4) is 0 Å². The van der Waals surface area contributed by atoms with E-state index in [2.05, 4.69) is 10.3 Å². The van der Waals surface area contributed by atoms with Crippen LogP contribution in [0.15, 0.2) is 5.38 Å². The first kappa shape index (κ1) is 10.1. The number of aryl methyl sites for hydroxylation is 1. The van der Waals surface area contributed by atoms with E-state index in [9.17, 15) is 4.79 Å². The zero-order chi connectivity index (χ0) is 9.84. The number of nitrogens with one attached hydrogen (secondary N) is 1. The number of hydrogen-bond acceptors (Lipinski definition) is 4. The molecule has 1 aromatic rings. The topological polar surface area (TPSA) is 68.0 Å². The van der Waals surface area contributed by atoms with Crippen molar-refractivity contribution in [3.05, 3.63) is 16.1 Å².